The van der Waals surface area contributed by atoms with Crippen molar-refractivity contribution in [2.24, 2.45) is 0 Å². The van der Waals surface area contributed by atoms with Gasteiger partial charge in [-0.2, -0.15) is 0 Å². The first-order valence-electron chi connectivity index (χ1n) is 8.03. The highest BCUT2D eigenvalue weighted by Gasteiger charge is 2.39. The molecule has 22 heavy (non-hydrogen) atoms. The zero-order chi connectivity index (χ0) is 15.8. The summed E-state index contributed by atoms with van der Waals surface area (Å²) < 4.78 is 0.0499. The Morgan fingerprint density at radius 2 is 1.36 bits per heavy atom. The van der Waals surface area contributed by atoms with Gasteiger partial charge in [-0.3, -0.25) is 4.79 Å². The molecule has 0 aliphatic carbocycles. The zero-order valence-electron chi connectivity index (χ0n) is 13.1. The SMILES string of the molecule is CCCCCCC(C(=O)Br)(c1ccccc1)c1ccccc1. The minimum Gasteiger partial charge on any atom is -0.285 e. The Bertz CT molecular complexity index is 538. The lowest BCUT2D eigenvalue weighted by molar-refractivity contribution is -0.114. The van der Waals surface area contributed by atoms with E-state index in [2.05, 4.69) is 47.1 Å². The summed E-state index contributed by atoms with van der Waals surface area (Å²) in [7, 11) is 0. The normalized spacial score (nSPS) is 11.4. The Hall–Kier alpha value is -1.41. The second-order valence-corrected chi connectivity index (χ2v) is 6.44. The summed E-state index contributed by atoms with van der Waals surface area (Å²) in [5.74, 6) is 0. The van der Waals surface area contributed by atoms with Crippen LogP contribution in [0.5, 0.6) is 0 Å². The molecule has 0 N–H and O–H groups in total. The average molecular weight is 359 g/mol. The Morgan fingerprint density at radius 1 is 0.864 bits per heavy atom. The Kier molecular flexibility index (Phi) is 6.38. The monoisotopic (exact) mass is 358 g/mol. The summed E-state index contributed by atoms with van der Waals surface area (Å²) in [5.41, 5.74) is 1.55. The largest absolute Gasteiger partial charge is 0.285 e. The molecule has 0 fully saturated rings. The number of unbranched alkanes of at least 4 members (excludes halogenated alkanes) is 3. The number of hydrogen-bond acceptors (Lipinski definition) is 1. The van der Waals surface area contributed by atoms with E-state index in [0.717, 1.165) is 30.4 Å². The summed E-state index contributed by atoms with van der Waals surface area (Å²) in [6.07, 6.45) is 5.47. The Labute approximate surface area is 141 Å². The van der Waals surface area contributed by atoms with Crippen molar-refractivity contribution in [1.29, 1.82) is 0 Å². The molecule has 0 saturated carbocycles. The highest BCUT2D eigenvalue weighted by atomic mass is 79.9. The minimum atomic E-state index is -0.587. The standard InChI is InChI=1S/C20H23BrO/c1-2-3-4-11-16-20(19(21)22,17-12-7-5-8-13-17)18-14-9-6-10-15-18/h5-10,12-15H,2-4,11,16H2,1H3. The van der Waals surface area contributed by atoms with E-state index < -0.39 is 5.41 Å². The number of carbonyl (C=O) groups excluding carboxylic acids is 1. The lowest BCUT2D eigenvalue weighted by Crippen LogP contribution is -2.34. The van der Waals surface area contributed by atoms with E-state index in [1.807, 2.05) is 36.4 Å². The van der Waals surface area contributed by atoms with Crippen molar-refractivity contribution >= 4 is 20.6 Å². The van der Waals surface area contributed by atoms with E-state index in [0.29, 0.717) is 0 Å². The van der Waals surface area contributed by atoms with Gasteiger partial charge in [0.25, 0.3) is 0 Å². The van der Waals surface area contributed by atoms with Crippen molar-refractivity contribution in [1.82, 2.24) is 0 Å². The van der Waals surface area contributed by atoms with Gasteiger partial charge in [0.2, 0.25) is 4.69 Å². The number of hydrogen-bond donors (Lipinski definition) is 0. The van der Waals surface area contributed by atoms with Crippen LogP contribution in [-0.4, -0.2) is 4.69 Å². The van der Waals surface area contributed by atoms with Crippen LogP contribution in [0.2, 0.25) is 0 Å². The Morgan fingerprint density at radius 3 is 1.77 bits per heavy atom. The van der Waals surface area contributed by atoms with E-state index in [1.165, 1.54) is 12.8 Å². The van der Waals surface area contributed by atoms with E-state index in [-0.39, 0.29) is 4.69 Å². The highest BCUT2D eigenvalue weighted by molar-refractivity contribution is 9.18. The summed E-state index contributed by atoms with van der Waals surface area (Å²) in [4.78, 5) is 12.6. The molecule has 0 radical (unpaired) electrons. The molecule has 2 aromatic rings. The van der Waals surface area contributed by atoms with E-state index in [1.54, 1.807) is 0 Å². The second-order valence-electron chi connectivity index (χ2n) is 5.72. The van der Waals surface area contributed by atoms with E-state index >= 15 is 0 Å². The van der Waals surface area contributed by atoms with Crippen LogP contribution in [0.1, 0.15) is 50.2 Å². The van der Waals surface area contributed by atoms with Gasteiger partial charge >= 0.3 is 0 Å². The first-order valence-corrected chi connectivity index (χ1v) is 8.82. The molecule has 0 aromatic heterocycles. The topological polar surface area (TPSA) is 17.1 Å². The Balaban J connectivity index is 2.44. The summed E-state index contributed by atoms with van der Waals surface area (Å²) in [5, 5.41) is 0. The van der Waals surface area contributed by atoms with Crippen molar-refractivity contribution < 1.29 is 4.79 Å². The first-order chi connectivity index (χ1) is 10.7. The summed E-state index contributed by atoms with van der Waals surface area (Å²) in [6, 6.07) is 20.3. The van der Waals surface area contributed by atoms with E-state index in [4.69, 9.17) is 0 Å². The van der Waals surface area contributed by atoms with Crippen LogP contribution >= 0.6 is 15.9 Å². The molecule has 116 valence electrons. The van der Waals surface area contributed by atoms with Crippen molar-refractivity contribution in [3.8, 4) is 0 Å². The minimum absolute atomic E-state index is 0.0499. The molecule has 0 aliphatic heterocycles. The molecule has 0 atom stereocenters. The van der Waals surface area contributed by atoms with Gasteiger partial charge < -0.3 is 0 Å². The van der Waals surface area contributed by atoms with Gasteiger partial charge in [0.1, 0.15) is 0 Å². The molecule has 0 spiro atoms. The predicted octanol–water partition coefficient (Wildman–Crippen LogP) is 5.86. The van der Waals surface area contributed by atoms with Gasteiger partial charge in [0.15, 0.2) is 0 Å². The maximum Gasteiger partial charge on any atom is 0.212 e. The van der Waals surface area contributed by atoms with Gasteiger partial charge in [0.05, 0.1) is 5.41 Å². The maximum atomic E-state index is 12.6. The second kappa shape index (κ2) is 8.28. The van der Waals surface area contributed by atoms with Crippen molar-refractivity contribution in [2.75, 3.05) is 0 Å². The quantitative estimate of drug-likeness (QED) is 0.426. The van der Waals surface area contributed by atoms with Crippen molar-refractivity contribution in [3.63, 3.8) is 0 Å². The van der Waals surface area contributed by atoms with Crippen LogP contribution in [0.4, 0.5) is 0 Å². The molecule has 2 aromatic carbocycles. The molecule has 2 rings (SSSR count). The fourth-order valence-electron chi connectivity index (χ4n) is 3.04. The molecule has 0 unspecified atom stereocenters. The number of benzene rings is 2. The van der Waals surface area contributed by atoms with Crippen LogP contribution < -0.4 is 0 Å². The molecular formula is C20H23BrO. The molecule has 0 bridgehead atoms. The van der Waals surface area contributed by atoms with Crippen LogP contribution in [0.3, 0.4) is 0 Å². The lowest BCUT2D eigenvalue weighted by Gasteiger charge is -2.32. The van der Waals surface area contributed by atoms with E-state index in [9.17, 15) is 4.79 Å². The fourth-order valence-corrected chi connectivity index (χ4v) is 3.70. The van der Waals surface area contributed by atoms with Crippen LogP contribution in [-0.2, 0) is 10.2 Å². The smallest absolute Gasteiger partial charge is 0.212 e. The summed E-state index contributed by atoms with van der Waals surface area (Å²) in [6.45, 7) is 2.21. The number of halogens is 1. The third-order valence-corrected chi connectivity index (χ3v) is 4.95. The first kappa shape index (κ1) is 17.0. The molecular weight excluding hydrogens is 336 g/mol. The van der Waals surface area contributed by atoms with Crippen LogP contribution in [0, 0.1) is 0 Å². The maximum absolute atomic E-state index is 12.6. The third kappa shape index (κ3) is 3.67. The number of carbonyl (C=O) groups is 1. The number of rotatable bonds is 8. The molecule has 2 heteroatoms. The van der Waals surface area contributed by atoms with Crippen LogP contribution in [0.15, 0.2) is 60.7 Å². The lowest BCUT2D eigenvalue weighted by atomic mass is 9.72. The molecule has 0 heterocycles. The molecule has 0 amide bonds. The van der Waals surface area contributed by atoms with Gasteiger partial charge in [-0.05, 0) is 33.5 Å². The highest BCUT2D eigenvalue weighted by Crippen LogP contribution is 2.40. The van der Waals surface area contributed by atoms with Gasteiger partial charge in [0, 0.05) is 0 Å². The van der Waals surface area contributed by atoms with Crippen molar-refractivity contribution in [3.05, 3.63) is 71.8 Å². The average Bonchev–Trinajstić information content (AvgIpc) is 2.56. The van der Waals surface area contributed by atoms with Gasteiger partial charge in [-0.15, -0.1) is 0 Å². The van der Waals surface area contributed by atoms with Crippen molar-refractivity contribution in [2.45, 2.75) is 44.4 Å². The molecule has 0 aliphatic rings. The van der Waals surface area contributed by atoms with Gasteiger partial charge in [-0.1, -0.05) is 93.3 Å². The molecule has 0 saturated heterocycles. The van der Waals surface area contributed by atoms with Crippen LogP contribution in [0.25, 0.3) is 0 Å². The summed E-state index contributed by atoms with van der Waals surface area (Å²) >= 11 is 3.30. The zero-order valence-corrected chi connectivity index (χ0v) is 14.7. The predicted molar refractivity (Wildman–Crippen MR) is 96.4 cm³/mol. The fraction of sp³-hybridized carbons (Fsp3) is 0.350. The molecule has 1 nitrogen and oxygen atoms in total. The third-order valence-electron chi connectivity index (χ3n) is 4.27. The van der Waals surface area contributed by atoms with Gasteiger partial charge in [-0.25, -0.2) is 0 Å².